The summed E-state index contributed by atoms with van der Waals surface area (Å²) in [5, 5.41) is 5.97. The summed E-state index contributed by atoms with van der Waals surface area (Å²) in [6.45, 7) is 0. The van der Waals surface area contributed by atoms with Gasteiger partial charge in [0, 0.05) is 17.5 Å². The average molecular weight is 409 g/mol. The number of amides is 1. The number of nitrogens with one attached hydrogen (secondary N) is 1. The fraction of sp³-hybridized carbons (Fsp3) is 0.143. The number of anilines is 1. The van der Waals surface area contributed by atoms with Gasteiger partial charge in [-0.3, -0.25) is 9.52 Å². The highest BCUT2D eigenvalue weighted by Crippen LogP contribution is 2.35. The Kier molecular flexibility index (Phi) is 4.94. The van der Waals surface area contributed by atoms with Crippen LogP contribution < -0.4 is 4.72 Å². The zero-order chi connectivity index (χ0) is 20.4. The SMILES string of the molecule is CS(=O)(=O)Nc1ccccc1C1=NN(C(=O)c2ccccc2)[C@@H](c2ccco2)C1. The second-order valence-electron chi connectivity index (χ2n) is 6.72. The molecule has 0 radical (unpaired) electrons. The molecule has 7 nitrogen and oxygen atoms in total. The van der Waals surface area contributed by atoms with Gasteiger partial charge < -0.3 is 4.42 Å². The Morgan fingerprint density at radius 2 is 1.79 bits per heavy atom. The van der Waals surface area contributed by atoms with E-state index in [4.69, 9.17) is 4.42 Å². The van der Waals surface area contributed by atoms with E-state index in [1.165, 1.54) is 5.01 Å². The van der Waals surface area contributed by atoms with Crippen molar-refractivity contribution >= 4 is 27.3 Å². The van der Waals surface area contributed by atoms with Gasteiger partial charge in [-0.2, -0.15) is 5.10 Å². The van der Waals surface area contributed by atoms with E-state index in [0.29, 0.717) is 34.7 Å². The molecule has 1 aliphatic rings. The van der Waals surface area contributed by atoms with Crippen molar-refractivity contribution in [3.05, 3.63) is 89.9 Å². The lowest BCUT2D eigenvalue weighted by Crippen LogP contribution is -2.26. The molecular formula is C21H19N3O4S. The number of hydrogen-bond acceptors (Lipinski definition) is 5. The molecule has 2 heterocycles. The molecule has 4 rings (SSSR count). The minimum absolute atomic E-state index is 0.254. The normalized spacial score (nSPS) is 16.5. The molecule has 0 fully saturated rings. The number of nitrogens with zero attached hydrogens (tertiary/aromatic N) is 2. The maximum absolute atomic E-state index is 13.1. The Hall–Kier alpha value is -3.39. The summed E-state index contributed by atoms with van der Waals surface area (Å²) in [5.41, 5.74) is 2.15. The zero-order valence-electron chi connectivity index (χ0n) is 15.6. The minimum atomic E-state index is -3.46. The van der Waals surface area contributed by atoms with Gasteiger partial charge in [0.2, 0.25) is 10.0 Å². The van der Waals surface area contributed by atoms with Gasteiger partial charge in [-0.15, -0.1) is 0 Å². The van der Waals surface area contributed by atoms with Crippen LogP contribution in [0.25, 0.3) is 0 Å². The van der Waals surface area contributed by atoms with Gasteiger partial charge in [0.05, 0.1) is 23.9 Å². The number of carbonyl (C=O) groups is 1. The first kappa shape index (κ1) is 18.9. The largest absolute Gasteiger partial charge is 0.467 e. The molecule has 29 heavy (non-hydrogen) atoms. The second-order valence-corrected chi connectivity index (χ2v) is 8.47. The van der Waals surface area contributed by atoms with Gasteiger partial charge in [0.1, 0.15) is 11.8 Å². The predicted molar refractivity (Wildman–Crippen MR) is 110 cm³/mol. The molecule has 0 saturated heterocycles. The Labute approximate surface area is 168 Å². The summed E-state index contributed by atoms with van der Waals surface area (Å²) >= 11 is 0. The topological polar surface area (TPSA) is 92.0 Å². The van der Waals surface area contributed by atoms with Crippen LogP contribution in [0.5, 0.6) is 0 Å². The fourth-order valence-electron chi connectivity index (χ4n) is 3.30. The smallest absolute Gasteiger partial charge is 0.274 e. The van der Waals surface area contributed by atoms with Crippen molar-refractivity contribution in [2.24, 2.45) is 5.10 Å². The molecule has 1 aliphatic heterocycles. The van der Waals surface area contributed by atoms with E-state index < -0.39 is 16.1 Å². The lowest BCUT2D eigenvalue weighted by molar-refractivity contribution is 0.0693. The highest BCUT2D eigenvalue weighted by Gasteiger charge is 2.36. The molecule has 148 valence electrons. The third-order valence-electron chi connectivity index (χ3n) is 4.54. The molecule has 1 N–H and O–H groups in total. The molecule has 3 aromatic rings. The van der Waals surface area contributed by atoms with E-state index in [-0.39, 0.29) is 5.91 Å². The number of hydrazone groups is 1. The molecule has 0 saturated carbocycles. The molecule has 0 bridgehead atoms. The molecule has 0 unspecified atom stereocenters. The maximum atomic E-state index is 13.1. The van der Waals surface area contributed by atoms with Crippen LogP contribution >= 0.6 is 0 Å². The Balaban J connectivity index is 1.75. The van der Waals surface area contributed by atoms with Crippen LogP contribution in [0.15, 0.2) is 82.5 Å². The fourth-order valence-corrected chi connectivity index (χ4v) is 3.88. The number of carbonyl (C=O) groups excluding carboxylic acids is 1. The van der Waals surface area contributed by atoms with Crippen molar-refractivity contribution in [1.82, 2.24) is 5.01 Å². The van der Waals surface area contributed by atoms with Gasteiger partial charge in [-0.05, 0) is 30.3 Å². The van der Waals surface area contributed by atoms with Crippen LogP contribution in [0.3, 0.4) is 0 Å². The van der Waals surface area contributed by atoms with Crippen molar-refractivity contribution < 1.29 is 17.6 Å². The summed E-state index contributed by atoms with van der Waals surface area (Å²) in [5.74, 6) is 0.358. The van der Waals surface area contributed by atoms with Crippen LogP contribution in [0, 0.1) is 0 Å². The van der Waals surface area contributed by atoms with Crippen molar-refractivity contribution in [1.29, 1.82) is 0 Å². The van der Waals surface area contributed by atoms with Crippen molar-refractivity contribution in [2.75, 3.05) is 11.0 Å². The summed E-state index contributed by atoms with van der Waals surface area (Å²) in [4.78, 5) is 13.1. The highest BCUT2D eigenvalue weighted by atomic mass is 32.2. The molecule has 2 aromatic carbocycles. The minimum Gasteiger partial charge on any atom is -0.467 e. The highest BCUT2D eigenvalue weighted by molar-refractivity contribution is 7.92. The molecule has 0 spiro atoms. The van der Waals surface area contributed by atoms with Gasteiger partial charge in [-0.1, -0.05) is 36.4 Å². The maximum Gasteiger partial charge on any atom is 0.274 e. The van der Waals surface area contributed by atoms with Crippen LogP contribution in [-0.4, -0.2) is 31.3 Å². The Bertz CT molecular complexity index is 1160. The van der Waals surface area contributed by atoms with E-state index >= 15 is 0 Å². The molecule has 8 heteroatoms. The number of hydrogen-bond donors (Lipinski definition) is 1. The van der Waals surface area contributed by atoms with E-state index in [1.54, 1.807) is 66.9 Å². The Morgan fingerprint density at radius 3 is 2.48 bits per heavy atom. The van der Waals surface area contributed by atoms with E-state index in [2.05, 4.69) is 9.82 Å². The van der Waals surface area contributed by atoms with Crippen LogP contribution in [0.4, 0.5) is 5.69 Å². The van der Waals surface area contributed by atoms with E-state index in [0.717, 1.165) is 6.26 Å². The average Bonchev–Trinajstić information content (AvgIpc) is 3.37. The number of sulfonamides is 1. The standard InChI is InChI=1S/C21H19N3O4S/c1-29(26,27)23-17-11-6-5-10-16(17)18-14-19(20-12-7-13-28-20)24(22-18)21(25)15-8-3-2-4-9-15/h2-13,19,23H,14H2,1H3/t19-/m1/s1. The number of para-hydroxylation sites is 1. The quantitative estimate of drug-likeness (QED) is 0.696. The van der Waals surface area contributed by atoms with Crippen LogP contribution in [0.2, 0.25) is 0 Å². The monoisotopic (exact) mass is 409 g/mol. The molecule has 1 atom stereocenters. The van der Waals surface area contributed by atoms with Gasteiger partial charge >= 0.3 is 0 Å². The number of benzene rings is 2. The number of furan rings is 1. The van der Waals surface area contributed by atoms with Crippen LogP contribution in [0.1, 0.15) is 34.1 Å². The number of rotatable bonds is 5. The summed E-state index contributed by atoms with van der Waals surface area (Å²) in [6.07, 6.45) is 3.04. The third kappa shape index (κ3) is 4.07. The van der Waals surface area contributed by atoms with Gasteiger partial charge in [0.15, 0.2) is 0 Å². The summed E-state index contributed by atoms with van der Waals surface area (Å²) < 4.78 is 31.6. The second kappa shape index (κ2) is 7.56. The predicted octanol–water partition coefficient (Wildman–Crippen LogP) is 3.64. The first-order valence-corrected chi connectivity index (χ1v) is 10.9. The molecular weight excluding hydrogens is 390 g/mol. The van der Waals surface area contributed by atoms with Crippen LogP contribution in [-0.2, 0) is 10.0 Å². The van der Waals surface area contributed by atoms with Crippen molar-refractivity contribution in [3.63, 3.8) is 0 Å². The molecule has 0 aliphatic carbocycles. The third-order valence-corrected chi connectivity index (χ3v) is 5.13. The van der Waals surface area contributed by atoms with E-state index in [9.17, 15) is 13.2 Å². The lowest BCUT2D eigenvalue weighted by atomic mass is 10.0. The first-order chi connectivity index (χ1) is 13.9. The molecule has 1 aromatic heterocycles. The van der Waals surface area contributed by atoms with Crippen molar-refractivity contribution in [2.45, 2.75) is 12.5 Å². The molecule has 1 amide bonds. The van der Waals surface area contributed by atoms with Crippen molar-refractivity contribution in [3.8, 4) is 0 Å². The Morgan fingerprint density at radius 1 is 1.07 bits per heavy atom. The lowest BCUT2D eigenvalue weighted by Gasteiger charge is -2.19. The summed E-state index contributed by atoms with van der Waals surface area (Å²) in [7, 11) is -3.46. The van der Waals surface area contributed by atoms with E-state index in [1.807, 2.05) is 6.07 Å². The van der Waals surface area contributed by atoms with Gasteiger partial charge in [0.25, 0.3) is 5.91 Å². The van der Waals surface area contributed by atoms with Gasteiger partial charge in [-0.25, -0.2) is 13.4 Å². The summed E-state index contributed by atoms with van der Waals surface area (Å²) in [6, 6.07) is 19.0. The zero-order valence-corrected chi connectivity index (χ0v) is 16.5. The first-order valence-electron chi connectivity index (χ1n) is 8.99.